The van der Waals surface area contributed by atoms with Crippen molar-refractivity contribution < 1.29 is 11.0 Å². The third-order valence-electron chi connectivity index (χ3n) is 20.6. The number of para-hydroxylation sites is 4. The van der Waals surface area contributed by atoms with Crippen LogP contribution in [0, 0.1) is 0 Å². The maximum absolute atomic E-state index is 9.82. The predicted molar refractivity (Wildman–Crippen MR) is 431 cm³/mol. The first-order chi connectivity index (χ1) is 53.5. The second kappa shape index (κ2) is 24.9. The molecule has 0 radical (unpaired) electrons. The highest BCUT2D eigenvalue weighted by Gasteiger charge is 2.46. The Morgan fingerprint density at radius 2 is 0.624 bits per heavy atom. The van der Waals surface area contributed by atoms with Gasteiger partial charge in [0.15, 0.2) is 8.07 Å². The molecule has 0 aliphatic carbocycles. The molecule has 0 atom stereocenters. The summed E-state index contributed by atoms with van der Waals surface area (Å²) in [4.78, 5) is 4.95. The molecule has 17 aromatic rings. The van der Waals surface area contributed by atoms with E-state index in [2.05, 4.69) is 337 Å². The number of anilines is 6. The molecule has 19 rings (SSSR count). The van der Waals surface area contributed by atoms with Gasteiger partial charge in [-0.3, -0.25) is 0 Å². The van der Waals surface area contributed by atoms with Crippen LogP contribution >= 0.6 is 0 Å². The lowest BCUT2D eigenvalue weighted by Crippen LogP contribution is -2.74. The number of hydrogen-bond donors (Lipinski definition) is 0. The van der Waals surface area contributed by atoms with E-state index in [0.717, 1.165) is 117 Å². The Balaban J connectivity index is 0.960. The molecule has 0 spiro atoms. The largest absolute Gasteiger partial charge is 0.310 e. The van der Waals surface area contributed by atoms with Crippen LogP contribution in [0.2, 0.25) is 0 Å². The van der Waals surface area contributed by atoms with Crippen LogP contribution in [0.3, 0.4) is 0 Å². The average Bonchev–Trinajstić information content (AvgIpc) is 1.34. The maximum atomic E-state index is 9.82. The van der Waals surface area contributed by atoms with Crippen LogP contribution in [-0.2, 0) is 0 Å². The van der Waals surface area contributed by atoms with E-state index in [1.165, 1.54) is 20.7 Å². The number of rotatable bonds is 13. The molecule has 1 aromatic heterocycles. The van der Waals surface area contributed by atoms with Crippen molar-refractivity contribution in [3.05, 3.63) is 400 Å². The summed E-state index contributed by atoms with van der Waals surface area (Å²) in [7, 11) is -2.94. The van der Waals surface area contributed by atoms with Gasteiger partial charge in [0, 0.05) is 61.5 Å². The van der Waals surface area contributed by atoms with Crippen LogP contribution in [0.25, 0.3) is 94.3 Å². The van der Waals surface area contributed by atoms with Crippen molar-refractivity contribution in [2.24, 2.45) is 0 Å². The van der Waals surface area contributed by atoms with Crippen molar-refractivity contribution in [1.82, 2.24) is 4.57 Å². The molecule has 3 nitrogen and oxygen atoms in total. The van der Waals surface area contributed by atoms with Gasteiger partial charge in [-0.1, -0.05) is 358 Å². The fourth-order valence-electron chi connectivity index (χ4n) is 16.2. The van der Waals surface area contributed by atoms with E-state index in [4.69, 9.17) is 2.74 Å². The number of fused-ring (bicyclic) bond motifs is 7. The molecule has 3 heterocycles. The number of benzene rings is 16. The highest BCUT2D eigenvalue weighted by atomic mass is 28.3. The summed E-state index contributed by atoms with van der Waals surface area (Å²) < 4.78 is 77.0. The van der Waals surface area contributed by atoms with Crippen LogP contribution in [0.4, 0.5) is 34.1 Å². The predicted octanol–water partition coefficient (Wildman–Crippen LogP) is 20.2. The van der Waals surface area contributed by atoms with Crippen molar-refractivity contribution in [2.45, 2.75) is 0 Å². The first-order valence-corrected chi connectivity index (χ1v) is 36.4. The van der Waals surface area contributed by atoms with E-state index in [0.29, 0.717) is 5.69 Å². The van der Waals surface area contributed by atoms with Crippen LogP contribution in [0.5, 0.6) is 0 Å². The molecule has 0 saturated carbocycles. The highest BCUT2D eigenvalue weighted by Crippen LogP contribution is 2.54. The van der Waals surface area contributed by atoms with Crippen LogP contribution < -0.4 is 46.9 Å². The molecule has 0 saturated heterocycles. The Hall–Kier alpha value is -12.8. The molecule has 2 aliphatic heterocycles. The summed E-state index contributed by atoms with van der Waals surface area (Å²) in [6.07, 6.45) is 0. The molecule has 5 heteroatoms. The van der Waals surface area contributed by atoms with Gasteiger partial charge < -0.3 is 14.4 Å². The molecule has 2 aliphatic rings. The number of nitrogens with zero attached hydrogens (tertiary/aromatic N) is 3. The summed E-state index contributed by atoms with van der Waals surface area (Å²) in [6, 6.07) is 123. The van der Waals surface area contributed by atoms with Gasteiger partial charge in [0.2, 0.25) is 0 Å². The molecule has 0 N–H and O–H groups in total. The standard InChI is InChI=1S/C96H66BN3Si/c1-9-31-67(32-10-1)74-64-92-94-93(65-74)100(96-82(71-37-15-4-16-38-71)51-30-52-83(96)72-39-17-5-18-40-72)91-66-75(98-88-53-27-25-47-84(88)85-48-26-28-54-89(85)98)58-61-86(91)97(94)87-63-73(57-62-90(87)99(92)95-80(69-33-11-2-12-34-69)49-29-50-81(95)70-35-13-3-14-36-70)68-55-59-79(60-56-68)101(76-41-19-6-20-42-76,77-43-21-7-22-44-77)78-45-23-8-24-46-78/h1-66H/i25D,26D,27D,28D,47D,48D,53D,54D. The normalized spacial score (nSPS) is 13.4. The SMILES string of the molecule is [2H]c1c([2H])c([2H])c2c(c1[2H])c1c([2H])c([2H])c([2H])c([2H])c1n2-c1ccc2c(c1)N(c1c(-c3ccccc3)cccc1-c1ccccc1)c1cc(-c3ccccc3)cc3c1B2c1cc(-c2ccc([Si](c4ccccc4)(c4ccccc4)c4ccccc4)cc2)ccc1N3c1c(-c2ccccc2)cccc1-c1ccccc1. The van der Waals surface area contributed by atoms with E-state index in [1.54, 1.807) is 4.57 Å². The Kier molecular flexibility index (Phi) is 12.7. The first kappa shape index (κ1) is 51.4. The van der Waals surface area contributed by atoms with Gasteiger partial charge in [0.05, 0.1) is 33.4 Å². The molecule has 0 bridgehead atoms. The van der Waals surface area contributed by atoms with Crippen molar-refractivity contribution in [2.75, 3.05) is 9.80 Å². The molecule has 16 aromatic carbocycles. The van der Waals surface area contributed by atoms with Crippen LogP contribution in [-0.4, -0.2) is 19.4 Å². The number of aromatic nitrogens is 1. The minimum Gasteiger partial charge on any atom is -0.310 e. The van der Waals surface area contributed by atoms with E-state index in [1.807, 2.05) is 24.3 Å². The first-order valence-electron chi connectivity index (χ1n) is 38.4. The lowest BCUT2D eigenvalue weighted by Gasteiger charge is -2.46. The third kappa shape index (κ3) is 9.87. The van der Waals surface area contributed by atoms with Crippen molar-refractivity contribution in [3.8, 4) is 72.4 Å². The van der Waals surface area contributed by atoms with E-state index >= 15 is 0 Å². The Morgan fingerprint density at radius 3 is 1.06 bits per heavy atom. The van der Waals surface area contributed by atoms with E-state index < -0.39 is 51.0 Å². The highest BCUT2D eigenvalue weighted by molar-refractivity contribution is 7.20. The van der Waals surface area contributed by atoms with Gasteiger partial charge in [-0.15, -0.1) is 0 Å². The molecule has 472 valence electrons. The molecular weight excluding hydrogens is 1230 g/mol. The Labute approximate surface area is 602 Å². The third-order valence-corrected chi connectivity index (χ3v) is 25.4. The molecule has 101 heavy (non-hydrogen) atoms. The zero-order chi connectivity index (χ0) is 73.8. The quantitative estimate of drug-likeness (QED) is 0.0842. The maximum Gasteiger partial charge on any atom is 0.252 e. The zero-order valence-electron chi connectivity index (χ0n) is 62.9. The summed E-state index contributed by atoms with van der Waals surface area (Å²) in [5.41, 5.74) is 20.9. The van der Waals surface area contributed by atoms with Crippen LogP contribution in [0.1, 0.15) is 11.0 Å². The van der Waals surface area contributed by atoms with Gasteiger partial charge >= 0.3 is 0 Å². The van der Waals surface area contributed by atoms with Gasteiger partial charge in [-0.2, -0.15) is 0 Å². The van der Waals surface area contributed by atoms with Gasteiger partial charge in [-0.05, 0) is 124 Å². The second-order valence-corrected chi connectivity index (χ2v) is 29.8. The Bertz CT molecular complexity index is 6150. The summed E-state index contributed by atoms with van der Waals surface area (Å²) >= 11 is 0. The number of hydrogen-bond acceptors (Lipinski definition) is 2. The summed E-state index contributed by atoms with van der Waals surface area (Å²) in [5, 5.41) is 5.11. The lowest BCUT2D eigenvalue weighted by molar-refractivity contribution is 1.17. The van der Waals surface area contributed by atoms with E-state index in [-0.39, 0.29) is 33.9 Å². The summed E-state index contributed by atoms with van der Waals surface area (Å²) in [6.45, 7) is -0.518. The lowest BCUT2D eigenvalue weighted by atomic mass is 9.33. The minimum atomic E-state index is -2.94. The summed E-state index contributed by atoms with van der Waals surface area (Å²) in [5.74, 6) is 0. The van der Waals surface area contributed by atoms with Gasteiger partial charge in [0.25, 0.3) is 6.71 Å². The van der Waals surface area contributed by atoms with Crippen LogP contribution in [0.15, 0.2) is 400 Å². The topological polar surface area (TPSA) is 11.4 Å². The van der Waals surface area contributed by atoms with Gasteiger partial charge in [-0.25, -0.2) is 0 Å². The average molecular weight is 1310 g/mol. The van der Waals surface area contributed by atoms with Crippen molar-refractivity contribution >= 4 is 108 Å². The molecular formula is C96H66BN3Si. The van der Waals surface area contributed by atoms with Crippen molar-refractivity contribution in [3.63, 3.8) is 0 Å². The molecule has 0 fully saturated rings. The van der Waals surface area contributed by atoms with Gasteiger partial charge in [0.1, 0.15) is 0 Å². The Morgan fingerprint density at radius 1 is 0.257 bits per heavy atom. The molecule has 0 amide bonds. The second-order valence-electron chi connectivity index (χ2n) is 26.0. The smallest absolute Gasteiger partial charge is 0.252 e. The zero-order valence-corrected chi connectivity index (χ0v) is 55.9. The fraction of sp³-hybridized carbons (Fsp3) is 0. The molecule has 0 unspecified atom stereocenters. The van der Waals surface area contributed by atoms with Crippen molar-refractivity contribution in [1.29, 1.82) is 0 Å². The monoisotopic (exact) mass is 1310 g/mol. The fourth-order valence-corrected chi connectivity index (χ4v) is 21.0. The van der Waals surface area contributed by atoms with E-state index in [9.17, 15) is 8.22 Å². The minimum absolute atomic E-state index is 0.00611.